The SMILES string of the molecule is [CH2-]CC[CH-]CC1[CH-]CNC1.[Y+3]. The monoisotopic (exact) mass is 227 g/mol. The van der Waals surface area contributed by atoms with E-state index in [9.17, 15) is 0 Å². The zero-order valence-electron chi connectivity index (χ0n) is 7.05. The molecule has 11 heavy (non-hydrogen) atoms. The maximum Gasteiger partial charge on any atom is 3.00 e. The fourth-order valence-corrected chi connectivity index (χ4v) is 1.26. The topological polar surface area (TPSA) is 12.0 Å². The third-order valence-corrected chi connectivity index (χ3v) is 1.88. The summed E-state index contributed by atoms with van der Waals surface area (Å²) in [4.78, 5) is 0. The van der Waals surface area contributed by atoms with Crippen LogP contribution in [0.1, 0.15) is 19.3 Å². The predicted molar refractivity (Wildman–Crippen MR) is 44.2 cm³/mol. The Labute approximate surface area is 95.6 Å². The summed E-state index contributed by atoms with van der Waals surface area (Å²) >= 11 is 0. The quantitative estimate of drug-likeness (QED) is 0.568. The molecule has 0 aromatic heterocycles. The van der Waals surface area contributed by atoms with Gasteiger partial charge in [0.15, 0.2) is 0 Å². The van der Waals surface area contributed by atoms with E-state index < -0.39 is 0 Å². The van der Waals surface area contributed by atoms with Gasteiger partial charge in [0.1, 0.15) is 0 Å². The van der Waals surface area contributed by atoms with Crippen molar-refractivity contribution in [2.75, 3.05) is 13.1 Å². The van der Waals surface area contributed by atoms with Crippen LogP contribution >= 0.6 is 0 Å². The van der Waals surface area contributed by atoms with Gasteiger partial charge in [0, 0.05) is 0 Å². The molecule has 1 N–H and O–H groups in total. The Balaban J connectivity index is 0.000001000. The predicted octanol–water partition coefficient (Wildman–Crippen LogP) is 1.62. The van der Waals surface area contributed by atoms with Gasteiger partial charge in [0.25, 0.3) is 0 Å². The molecule has 1 unspecified atom stereocenters. The molecule has 0 aromatic carbocycles. The van der Waals surface area contributed by atoms with Gasteiger partial charge in [0.2, 0.25) is 0 Å². The number of rotatable bonds is 4. The van der Waals surface area contributed by atoms with Crippen LogP contribution < -0.4 is 5.32 Å². The van der Waals surface area contributed by atoms with Crippen LogP contribution in [0, 0.1) is 25.7 Å². The molecule has 1 aliphatic heterocycles. The third kappa shape index (κ3) is 5.33. The Bertz CT molecular complexity index is 79.6. The van der Waals surface area contributed by atoms with Crippen LogP contribution in [0.5, 0.6) is 0 Å². The summed E-state index contributed by atoms with van der Waals surface area (Å²) < 4.78 is 0. The van der Waals surface area contributed by atoms with E-state index in [1.165, 1.54) is 19.4 Å². The summed E-state index contributed by atoms with van der Waals surface area (Å²) in [6, 6.07) is 0. The van der Waals surface area contributed by atoms with Crippen molar-refractivity contribution < 1.29 is 32.7 Å². The summed E-state index contributed by atoms with van der Waals surface area (Å²) in [7, 11) is 0. The molecular weight excluding hydrogens is 211 g/mol. The molecule has 1 heterocycles. The van der Waals surface area contributed by atoms with E-state index in [0.29, 0.717) is 0 Å². The average molecular weight is 227 g/mol. The summed E-state index contributed by atoms with van der Waals surface area (Å²) in [5, 5.41) is 3.31. The molecule has 1 rings (SSSR count). The minimum Gasteiger partial charge on any atom is -0.348 e. The number of nitrogens with one attached hydrogen (secondary N) is 1. The molecule has 1 atom stereocenters. The van der Waals surface area contributed by atoms with Gasteiger partial charge in [-0.2, -0.15) is 5.92 Å². The largest absolute Gasteiger partial charge is 3.00 e. The van der Waals surface area contributed by atoms with Gasteiger partial charge in [-0.15, -0.1) is 6.54 Å². The molecule has 1 nitrogen and oxygen atoms in total. The first kappa shape index (κ1) is 12.1. The van der Waals surface area contributed by atoms with Crippen LogP contribution in [0.2, 0.25) is 0 Å². The van der Waals surface area contributed by atoms with Gasteiger partial charge >= 0.3 is 32.7 Å². The fourth-order valence-electron chi connectivity index (χ4n) is 1.26. The first-order valence-electron chi connectivity index (χ1n) is 4.08. The van der Waals surface area contributed by atoms with Crippen molar-refractivity contribution in [1.82, 2.24) is 5.32 Å². The normalized spacial score (nSPS) is 23.2. The maximum absolute atomic E-state index is 3.79. The van der Waals surface area contributed by atoms with Crippen LogP contribution in [-0.2, 0) is 32.7 Å². The van der Waals surface area contributed by atoms with E-state index in [4.69, 9.17) is 0 Å². The second kappa shape index (κ2) is 7.70. The van der Waals surface area contributed by atoms with Crippen LogP contribution in [0.15, 0.2) is 0 Å². The van der Waals surface area contributed by atoms with Gasteiger partial charge in [-0.25, -0.2) is 19.3 Å². The molecule has 1 saturated heterocycles. The van der Waals surface area contributed by atoms with E-state index in [0.717, 1.165) is 18.9 Å². The van der Waals surface area contributed by atoms with Crippen molar-refractivity contribution in [3.05, 3.63) is 19.8 Å². The standard InChI is InChI=1S/C9H16N.Y/c1-2-3-4-5-9-6-7-10-8-9;/h4,6,9-10H,1-3,5,7-8H2;/q-3;+3. The van der Waals surface area contributed by atoms with Gasteiger partial charge < -0.3 is 25.1 Å². The van der Waals surface area contributed by atoms with E-state index >= 15 is 0 Å². The fraction of sp³-hybridized carbons (Fsp3) is 0.667. The molecule has 0 radical (unpaired) electrons. The minimum absolute atomic E-state index is 0. The van der Waals surface area contributed by atoms with E-state index in [1.54, 1.807) is 0 Å². The summed E-state index contributed by atoms with van der Waals surface area (Å²) in [6.45, 7) is 6.07. The van der Waals surface area contributed by atoms with Crippen molar-refractivity contribution in [3.63, 3.8) is 0 Å². The minimum atomic E-state index is 0. The van der Waals surface area contributed by atoms with Crippen LogP contribution in [0.25, 0.3) is 0 Å². The third-order valence-electron chi connectivity index (χ3n) is 1.88. The smallest absolute Gasteiger partial charge is 0.348 e. The Morgan fingerprint density at radius 2 is 2.45 bits per heavy atom. The van der Waals surface area contributed by atoms with Crippen LogP contribution in [0.3, 0.4) is 0 Å². The Kier molecular flexibility index (Phi) is 8.44. The van der Waals surface area contributed by atoms with Crippen molar-refractivity contribution in [2.24, 2.45) is 5.92 Å². The molecule has 60 valence electrons. The molecule has 0 bridgehead atoms. The van der Waals surface area contributed by atoms with Gasteiger partial charge in [-0.3, -0.25) is 0 Å². The van der Waals surface area contributed by atoms with Crippen molar-refractivity contribution in [3.8, 4) is 0 Å². The van der Waals surface area contributed by atoms with Crippen LogP contribution in [0.4, 0.5) is 0 Å². The Morgan fingerprint density at radius 3 is 3.00 bits per heavy atom. The van der Waals surface area contributed by atoms with E-state index in [2.05, 4.69) is 25.1 Å². The summed E-state index contributed by atoms with van der Waals surface area (Å²) in [6.07, 6.45) is 8.16. The molecule has 1 fully saturated rings. The zero-order valence-corrected chi connectivity index (χ0v) is 9.89. The molecule has 0 spiro atoms. The first-order chi connectivity index (χ1) is 4.93. The van der Waals surface area contributed by atoms with E-state index in [1.807, 2.05) is 0 Å². The van der Waals surface area contributed by atoms with Gasteiger partial charge in [0.05, 0.1) is 0 Å². The second-order valence-electron chi connectivity index (χ2n) is 2.82. The van der Waals surface area contributed by atoms with Crippen molar-refractivity contribution in [2.45, 2.75) is 19.3 Å². The van der Waals surface area contributed by atoms with Gasteiger partial charge in [-0.1, -0.05) is 0 Å². The van der Waals surface area contributed by atoms with Gasteiger partial charge in [-0.05, 0) is 6.54 Å². The first-order valence-corrected chi connectivity index (χ1v) is 4.08. The van der Waals surface area contributed by atoms with Crippen LogP contribution in [-0.4, -0.2) is 13.1 Å². The molecule has 0 aromatic rings. The molecule has 2 heteroatoms. The number of unbranched alkanes of at least 4 members (excludes halogenated alkanes) is 2. The van der Waals surface area contributed by atoms with Crippen molar-refractivity contribution >= 4 is 0 Å². The summed E-state index contributed by atoms with van der Waals surface area (Å²) in [5.41, 5.74) is 0. The molecular formula is C9H16NY. The van der Waals surface area contributed by atoms with Crippen molar-refractivity contribution in [1.29, 1.82) is 0 Å². The molecule has 0 saturated carbocycles. The molecule has 0 amide bonds. The zero-order chi connectivity index (χ0) is 7.23. The van der Waals surface area contributed by atoms with E-state index in [-0.39, 0.29) is 32.7 Å². The molecule has 1 aliphatic rings. The molecule has 0 aliphatic carbocycles. The Morgan fingerprint density at radius 1 is 1.64 bits per heavy atom. The summed E-state index contributed by atoms with van der Waals surface area (Å²) in [5.74, 6) is 0.798. The number of hydrogen-bond acceptors (Lipinski definition) is 1. The Hall–Kier alpha value is 1.06. The maximum atomic E-state index is 3.79. The number of hydrogen-bond donors (Lipinski definition) is 1. The average Bonchev–Trinajstić information content (AvgIpc) is 2.41. The second-order valence-corrected chi connectivity index (χ2v) is 2.82.